The zero-order valence-corrected chi connectivity index (χ0v) is 18.3. The van der Waals surface area contributed by atoms with Crippen molar-refractivity contribution in [3.05, 3.63) is 54.7 Å². The van der Waals surface area contributed by atoms with E-state index in [4.69, 9.17) is 14.2 Å². The fourth-order valence-electron chi connectivity index (χ4n) is 4.48. The lowest BCUT2D eigenvalue weighted by Crippen LogP contribution is -2.45. The highest BCUT2D eigenvalue weighted by Gasteiger charge is 2.31. The molecule has 2 aliphatic heterocycles. The fourth-order valence-corrected chi connectivity index (χ4v) is 4.48. The number of hydrogen-bond acceptors (Lipinski definition) is 5. The number of carbonyl (C=O) groups excluding carboxylic acids is 1. The third-order valence-electron chi connectivity index (χ3n) is 6.34. The van der Waals surface area contributed by atoms with Crippen molar-refractivity contribution in [1.82, 2.24) is 9.88 Å². The summed E-state index contributed by atoms with van der Waals surface area (Å²) in [5.41, 5.74) is 3.09. The molecule has 1 atom stereocenters. The Morgan fingerprint density at radius 1 is 1.00 bits per heavy atom. The molecule has 0 spiro atoms. The number of benzene rings is 2. The van der Waals surface area contributed by atoms with Crippen molar-refractivity contribution in [2.45, 2.75) is 37.9 Å². The third-order valence-corrected chi connectivity index (χ3v) is 6.34. The Kier molecular flexibility index (Phi) is 5.95. The van der Waals surface area contributed by atoms with Gasteiger partial charge in [-0.3, -0.25) is 9.78 Å². The van der Waals surface area contributed by atoms with E-state index < -0.39 is 0 Å². The Hall–Kier alpha value is -3.12. The SMILES string of the molecule is COc1ccc2ncc(-c3ccc(OC4CCN(C(=O)C5CCCO5)CC4)cc3)cc2c1. The number of piperidine rings is 1. The third kappa shape index (κ3) is 4.41. The van der Waals surface area contributed by atoms with Crippen LogP contribution in [-0.2, 0) is 9.53 Å². The minimum atomic E-state index is -0.231. The van der Waals surface area contributed by atoms with Crippen LogP contribution in [0, 0.1) is 0 Å². The van der Waals surface area contributed by atoms with Gasteiger partial charge < -0.3 is 19.1 Å². The van der Waals surface area contributed by atoms with Gasteiger partial charge in [0.1, 0.15) is 23.7 Å². The van der Waals surface area contributed by atoms with Crippen LogP contribution in [0.1, 0.15) is 25.7 Å². The predicted molar refractivity (Wildman–Crippen MR) is 123 cm³/mol. The maximum Gasteiger partial charge on any atom is 0.251 e. The summed E-state index contributed by atoms with van der Waals surface area (Å²) in [4.78, 5) is 19.0. The van der Waals surface area contributed by atoms with E-state index in [9.17, 15) is 4.79 Å². The summed E-state index contributed by atoms with van der Waals surface area (Å²) < 4.78 is 17.1. The van der Waals surface area contributed by atoms with E-state index in [0.717, 1.165) is 72.3 Å². The number of methoxy groups -OCH3 is 1. The average Bonchev–Trinajstić information content (AvgIpc) is 3.39. The van der Waals surface area contributed by atoms with Crippen molar-refractivity contribution in [2.24, 2.45) is 0 Å². The van der Waals surface area contributed by atoms with E-state index in [2.05, 4.69) is 23.2 Å². The van der Waals surface area contributed by atoms with Gasteiger partial charge in [-0.1, -0.05) is 12.1 Å². The lowest BCUT2D eigenvalue weighted by molar-refractivity contribution is -0.142. The van der Waals surface area contributed by atoms with Crippen LogP contribution in [0.5, 0.6) is 11.5 Å². The molecule has 2 aromatic carbocycles. The molecule has 3 aromatic rings. The molecule has 0 N–H and O–H groups in total. The van der Waals surface area contributed by atoms with Gasteiger partial charge in [0, 0.05) is 49.7 Å². The summed E-state index contributed by atoms with van der Waals surface area (Å²) in [7, 11) is 1.67. The van der Waals surface area contributed by atoms with Gasteiger partial charge in [0.05, 0.1) is 12.6 Å². The summed E-state index contributed by atoms with van der Waals surface area (Å²) in [6, 6.07) is 16.2. The van der Waals surface area contributed by atoms with Gasteiger partial charge in [-0.15, -0.1) is 0 Å². The summed E-state index contributed by atoms with van der Waals surface area (Å²) in [6.07, 6.45) is 5.31. The number of amides is 1. The summed E-state index contributed by atoms with van der Waals surface area (Å²) in [6.45, 7) is 2.16. The number of hydrogen-bond donors (Lipinski definition) is 0. The Morgan fingerprint density at radius 2 is 1.78 bits per heavy atom. The number of carbonyl (C=O) groups is 1. The molecule has 2 aliphatic rings. The largest absolute Gasteiger partial charge is 0.497 e. The van der Waals surface area contributed by atoms with E-state index in [-0.39, 0.29) is 18.1 Å². The monoisotopic (exact) mass is 432 g/mol. The van der Waals surface area contributed by atoms with Gasteiger partial charge >= 0.3 is 0 Å². The van der Waals surface area contributed by atoms with Crippen molar-refractivity contribution in [1.29, 1.82) is 0 Å². The van der Waals surface area contributed by atoms with E-state index in [1.54, 1.807) is 7.11 Å². The normalized spacial score (nSPS) is 19.3. The first kappa shape index (κ1) is 20.8. The topological polar surface area (TPSA) is 60.9 Å². The molecule has 2 saturated heterocycles. The average molecular weight is 433 g/mol. The van der Waals surface area contributed by atoms with Crippen molar-refractivity contribution in [3.8, 4) is 22.6 Å². The molecular weight excluding hydrogens is 404 g/mol. The molecule has 1 unspecified atom stereocenters. The van der Waals surface area contributed by atoms with Gasteiger partial charge in [-0.25, -0.2) is 0 Å². The Morgan fingerprint density at radius 3 is 2.50 bits per heavy atom. The first-order chi connectivity index (χ1) is 15.7. The molecule has 0 bridgehead atoms. The lowest BCUT2D eigenvalue weighted by atomic mass is 10.0. The number of rotatable bonds is 5. The van der Waals surface area contributed by atoms with Crippen molar-refractivity contribution < 1.29 is 19.0 Å². The summed E-state index contributed by atoms with van der Waals surface area (Å²) >= 11 is 0. The first-order valence-electron chi connectivity index (χ1n) is 11.3. The molecule has 5 rings (SSSR count). The van der Waals surface area contributed by atoms with Crippen molar-refractivity contribution in [3.63, 3.8) is 0 Å². The molecule has 32 heavy (non-hydrogen) atoms. The van der Waals surface area contributed by atoms with Crippen LogP contribution in [-0.4, -0.2) is 54.8 Å². The minimum absolute atomic E-state index is 0.129. The Balaban J connectivity index is 1.20. The second-order valence-corrected chi connectivity index (χ2v) is 8.45. The van der Waals surface area contributed by atoms with E-state index in [0.29, 0.717) is 6.61 Å². The molecule has 6 nitrogen and oxygen atoms in total. The van der Waals surface area contributed by atoms with Crippen LogP contribution in [0.25, 0.3) is 22.0 Å². The van der Waals surface area contributed by atoms with Crippen LogP contribution in [0.2, 0.25) is 0 Å². The van der Waals surface area contributed by atoms with Crippen LogP contribution in [0.15, 0.2) is 54.7 Å². The highest BCUT2D eigenvalue weighted by atomic mass is 16.5. The van der Waals surface area contributed by atoms with Gasteiger partial charge in [0.25, 0.3) is 5.91 Å². The molecule has 1 aromatic heterocycles. The van der Waals surface area contributed by atoms with Gasteiger partial charge in [-0.05, 0) is 54.8 Å². The highest BCUT2D eigenvalue weighted by molar-refractivity contribution is 5.84. The van der Waals surface area contributed by atoms with E-state index >= 15 is 0 Å². The number of aromatic nitrogens is 1. The molecule has 3 heterocycles. The van der Waals surface area contributed by atoms with Gasteiger partial charge in [0.2, 0.25) is 0 Å². The van der Waals surface area contributed by atoms with Gasteiger partial charge in [-0.2, -0.15) is 0 Å². The number of likely N-dealkylation sites (tertiary alicyclic amines) is 1. The molecule has 166 valence electrons. The number of ether oxygens (including phenoxy) is 3. The molecular formula is C26H28N2O4. The van der Waals surface area contributed by atoms with Crippen LogP contribution in [0.3, 0.4) is 0 Å². The zero-order chi connectivity index (χ0) is 21.9. The van der Waals surface area contributed by atoms with Crippen molar-refractivity contribution in [2.75, 3.05) is 26.8 Å². The van der Waals surface area contributed by atoms with Crippen LogP contribution >= 0.6 is 0 Å². The Bertz CT molecular complexity index is 1080. The Labute approximate surface area is 188 Å². The maximum atomic E-state index is 12.5. The second kappa shape index (κ2) is 9.17. The van der Waals surface area contributed by atoms with E-state index in [1.807, 2.05) is 41.4 Å². The standard InChI is InChI=1S/C26H28N2O4/c1-30-23-8-9-24-19(16-23)15-20(17-27-24)18-4-6-21(7-5-18)32-22-10-12-28(13-11-22)26(29)25-3-2-14-31-25/h4-9,15-17,22,25H,2-3,10-14H2,1H3. The summed E-state index contributed by atoms with van der Waals surface area (Å²) in [5.74, 6) is 1.82. The van der Waals surface area contributed by atoms with Gasteiger partial charge in [0.15, 0.2) is 0 Å². The molecule has 6 heteroatoms. The fraction of sp³-hybridized carbons (Fsp3) is 0.385. The molecule has 0 radical (unpaired) electrons. The second-order valence-electron chi connectivity index (χ2n) is 8.45. The van der Waals surface area contributed by atoms with Crippen LogP contribution in [0.4, 0.5) is 0 Å². The quantitative estimate of drug-likeness (QED) is 0.596. The van der Waals surface area contributed by atoms with Crippen LogP contribution < -0.4 is 9.47 Å². The highest BCUT2D eigenvalue weighted by Crippen LogP contribution is 2.28. The summed E-state index contributed by atoms with van der Waals surface area (Å²) in [5, 5.41) is 1.05. The number of fused-ring (bicyclic) bond motifs is 1. The molecule has 1 amide bonds. The number of pyridine rings is 1. The predicted octanol–water partition coefficient (Wildman–Crippen LogP) is 4.46. The van der Waals surface area contributed by atoms with E-state index in [1.165, 1.54) is 0 Å². The maximum absolute atomic E-state index is 12.5. The zero-order valence-electron chi connectivity index (χ0n) is 18.3. The first-order valence-corrected chi connectivity index (χ1v) is 11.3. The molecule has 2 fully saturated rings. The molecule has 0 aliphatic carbocycles. The minimum Gasteiger partial charge on any atom is -0.497 e. The molecule has 0 saturated carbocycles. The smallest absolute Gasteiger partial charge is 0.251 e. The number of nitrogens with zero attached hydrogens (tertiary/aromatic N) is 2. The lowest BCUT2D eigenvalue weighted by Gasteiger charge is -2.33. The van der Waals surface area contributed by atoms with Crippen molar-refractivity contribution >= 4 is 16.8 Å².